The highest BCUT2D eigenvalue weighted by molar-refractivity contribution is 7.99. The molecule has 5 rings (SSSR count). The number of amides is 1. The van der Waals surface area contributed by atoms with Crippen molar-refractivity contribution in [2.24, 2.45) is 0 Å². The van der Waals surface area contributed by atoms with Crippen molar-refractivity contribution in [2.75, 3.05) is 26.0 Å². The van der Waals surface area contributed by atoms with Crippen LogP contribution in [0.25, 0.3) is 15.9 Å². The van der Waals surface area contributed by atoms with E-state index in [0.29, 0.717) is 16.8 Å². The molecule has 0 radical (unpaired) electrons. The maximum Gasteiger partial charge on any atom is 0.233 e. The molecule has 0 N–H and O–H groups in total. The van der Waals surface area contributed by atoms with Gasteiger partial charge in [-0.3, -0.25) is 9.36 Å². The second kappa shape index (κ2) is 9.52. The Balaban J connectivity index is 1.25. The molecule has 7 nitrogen and oxygen atoms in total. The number of likely N-dealkylation sites (tertiary alicyclic amines) is 1. The van der Waals surface area contributed by atoms with Crippen molar-refractivity contribution in [1.29, 1.82) is 0 Å². The third-order valence-corrected chi connectivity index (χ3v) is 8.00. The molecule has 33 heavy (non-hydrogen) atoms. The van der Waals surface area contributed by atoms with Crippen molar-refractivity contribution < 1.29 is 9.53 Å². The van der Waals surface area contributed by atoms with Gasteiger partial charge in [0.1, 0.15) is 11.6 Å². The molecule has 1 fully saturated rings. The first-order valence-corrected chi connectivity index (χ1v) is 12.7. The molecule has 1 atom stereocenters. The molecular formula is C24H25N5O2S2. The Morgan fingerprint density at radius 1 is 1.18 bits per heavy atom. The molecule has 4 aromatic rings. The number of hydrogen-bond donors (Lipinski definition) is 0. The van der Waals surface area contributed by atoms with Crippen molar-refractivity contribution >= 4 is 39.2 Å². The zero-order chi connectivity index (χ0) is 22.8. The molecule has 1 aliphatic heterocycles. The van der Waals surface area contributed by atoms with Gasteiger partial charge in [-0.15, -0.1) is 21.5 Å². The quantitative estimate of drug-likeness (QED) is 0.374. The average Bonchev–Trinajstić information content (AvgIpc) is 3.46. The molecule has 170 valence electrons. The summed E-state index contributed by atoms with van der Waals surface area (Å²) in [7, 11) is 1.65. The Labute approximate surface area is 200 Å². The van der Waals surface area contributed by atoms with E-state index >= 15 is 0 Å². The number of rotatable bonds is 6. The van der Waals surface area contributed by atoms with Crippen LogP contribution in [0.3, 0.4) is 0 Å². The van der Waals surface area contributed by atoms with E-state index in [0.717, 1.165) is 53.7 Å². The van der Waals surface area contributed by atoms with Gasteiger partial charge in [-0.2, -0.15) is 0 Å². The van der Waals surface area contributed by atoms with E-state index in [1.807, 2.05) is 52.8 Å². The molecule has 1 saturated heterocycles. The van der Waals surface area contributed by atoms with Gasteiger partial charge in [-0.25, -0.2) is 4.98 Å². The van der Waals surface area contributed by atoms with Crippen molar-refractivity contribution in [3.05, 3.63) is 59.4 Å². The van der Waals surface area contributed by atoms with Crippen LogP contribution in [0.15, 0.2) is 53.7 Å². The van der Waals surface area contributed by atoms with Crippen LogP contribution in [0.4, 0.5) is 0 Å². The maximum atomic E-state index is 13.1. The molecule has 9 heteroatoms. The fraction of sp³-hybridized carbons (Fsp3) is 0.333. The third kappa shape index (κ3) is 4.60. The standard InChI is InChI=1S/C24H25N5O2S2/c1-16-26-27-24(29(16)18-9-11-19(31-2)12-10-18)32-15-22(30)28-13-5-6-17(14-28)23-25-20-7-3-4-8-21(20)33-23/h3-4,7-12,17H,5-6,13-15H2,1-2H3. The lowest BCUT2D eigenvalue weighted by Crippen LogP contribution is -2.40. The normalized spacial score (nSPS) is 16.3. The van der Waals surface area contributed by atoms with Gasteiger partial charge in [0.05, 0.1) is 28.1 Å². The second-order valence-corrected chi connectivity index (χ2v) is 10.1. The Kier molecular flexibility index (Phi) is 6.32. The van der Waals surface area contributed by atoms with Gasteiger partial charge in [0.25, 0.3) is 0 Å². The maximum absolute atomic E-state index is 13.1. The fourth-order valence-electron chi connectivity index (χ4n) is 4.15. The van der Waals surface area contributed by atoms with Crippen LogP contribution in [-0.4, -0.2) is 56.5 Å². The zero-order valence-corrected chi connectivity index (χ0v) is 20.2. The third-order valence-electron chi connectivity index (χ3n) is 5.88. The molecule has 0 aliphatic carbocycles. The first kappa shape index (κ1) is 21.9. The second-order valence-electron chi connectivity index (χ2n) is 8.05. The first-order chi connectivity index (χ1) is 16.1. The van der Waals surface area contributed by atoms with Crippen LogP contribution < -0.4 is 4.74 Å². The Morgan fingerprint density at radius 2 is 2.00 bits per heavy atom. The molecule has 2 aromatic carbocycles. The number of carbonyl (C=O) groups is 1. The lowest BCUT2D eigenvalue weighted by Gasteiger charge is -2.31. The highest BCUT2D eigenvalue weighted by atomic mass is 32.2. The lowest BCUT2D eigenvalue weighted by atomic mass is 9.99. The summed E-state index contributed by atoms with van der Waals surface area (Å²) in [5, 5.41) is 10.4. The van der Waals surface area contributed by atoms with Crippen molar-refractivity contribution in [1.82, 2.24) is 24.6 Å². The van der Waals surface area contributed by atoms with E-state index in [2.05, 4.69) is 22.3 Å². The molecule has 0 saturated carbocycles. The highest BCUT2D eigenvalue weighted by Crippen LogP contribution is 2.33. The minimum atomic E-state index is 0.132. The van der Waals surface area contributed by atoms with E-state index in [4.69, 9.17) is 9.72 Å². The summed E-state index contributed by atoms with van der Waals surface area (Å²) in [6.07, 6.45) is 2.07. The molecule has 1 aliphatic rings. The van der Waals surface area contributed by atoms with E-state index in [1.54, 1.807) is 18.4 Å². The van der Waals surface area contributed by atoms with E-state index in [-0.39, 0.29) is 5.91 Å². The number of para-hydroxylation sites is 1. The molecule has 2 aromatic heterocycles. The summed E-state index contributed by atoms with van der Waals surface area (Å²) >= 11 is 3.18. The number of carbonyl (C=O) groups excluding carboxylic acids is 1. The number of fused-ring (bicyclic) bond motifs is 1. The van der Waals surface area contributed by atoms with Crippen LogP contribution in [0.1, 0.15) is 29.6 Å². The summed E-state index contributed by atoms with van der Waals surface area (Å²) in [5.74, 6) is 2.34. The summed E-state index contributed by atoms with van der Waals surface area (Å²) in [4.78, 5) is 19.9. The SMILES string of the molecule is COc1ccc(-n2c(C)nnc2SCC(=O)N2CCCC(c3nc4ccccc4s3)C2)cc1. The number of hydrogen-bond acceptors (Lipinski definition) is 7. The Morgan fingerprint density at radius 3 is 2.79 bits per heavy atom. The number of benzene rings is 2. The number of piperidine rings is 1. The number of methoxy groups -OCH3 is 1. The lowest BCUT2D eigenvalue weighted by molar-refractivity contribution is -0.129. The molecule has 3 heterocycles. The van der Waals surface area contributed by atoms with Gasteiger partial charge in [0, 0.05) is 24.7 Å². The van der Waals surface area contributed by atoms with Crippen LogP contribution in [0.2, 0.25) is 0 Å². The van der Waals surface area contributed by atoms with Crippen molar-refractivity contribution in [2.45, 2.75) is 30.8 Å². The summed E-state index contributed by atoms with van der Waals surface area (Å²) in [6.45, 7) is 3.44. The average molecular weight is 480 g/mol. The summed E-state index contributed by atoms with van der Waals surface area (Å²) < 4.78 is 8.43. The van der Waals surface area contributed by atoms with Crippen LogP contribution in [0.5, 0.6) is 5.75 Å². The number of aromatic nitrogens is 4. The minimum Gasteiger partial charge on any atom is -0.497 e. The van der Waals surface area contributed by atoms with Gasteiger partial charge >= 0.3 is 0 Å². The molecular weight excluding hydrogens is 454 g/mol. The van der Waals surface area contributed by atoms with E-state index in [9.17, 15) is 4.79 Å². The van der Waals surface area contributed by atoms with Gasteiger partial charge < -0.3 is 9.64 Å². The van der Waals surface area contributed by atoms with Gasteiger partial charge in [0.2, 0.25) is 5.91 Å². The van der Waals surface area contributed by atoms with Gasteiger partial charge in [-0.1, -0.05) is 23.9 Å². The predicted octanol–water partition coefficient (Wildman–Crippen LogP) is 4.69. The van der Waals surface area contributed by atoms with Crippen molar-refractivity contribution in [3.8, 4) is 11.4 Å². The van der Waals surface area contributed by atoms with E-state index in [1.165, 1.54) is 16.5 Å². The van der Waals surface area contributed by atoms with Crippen LogP contribution >= 0.6 is 23.1 Å². The van der Waals surface area contributed by atoms with E-state index < -0.39 is 0 Å². The largest absolute Gasteiger partial charge is 0.497 e. The molecule has 0 spiro atoms. The number of nitrogens with zero attached hydrogens (tertiary/aromatic N) is 5. The van der Waals surface area contributed by atoms with Gasteiger partial charge in [-0.05, 0) is 56.2 Å². The summed E-state index contributed by atoms with van der Waals surface area (Å²) in [6, 6.07) is 16.0. The number of thioether (sulfide) groups is 1. The predicted molar refractivity (Wildman–Crippen MR) is 132 cm³/mol. The van der Waals surface area contributed by atoms with Crippen molar-refractivity contribution in [3.63, 3.8) is 0 Å². The topological polar surface area (TPSA) is 73.1 Å². The summed E-state index contributed by atoms with van der Waals surface area (Å²) in [5.41, 5.74) is 1.99. The Bertz CT molecular complexity index is 1230. The Hall–Kier alpha value is -2.91. The number of ether oxygens (including phenoxy) is 1. The molecule has 1 amide bonds. The number of thiazole rings is 1. The number of aryl methyl sites for hydroxylation is 1. The van der Waals surface area contributed by atoms with Gasteiger partial charge in [0.15, 0.2) is 5.16 Å². The zero-order valence-electron chi connectivity index (χ0n) is 18.6. The monoisotopic (exact) mass is 479 g/mol. The molecule has 0 bridgehead atoms. The minimum absolute atomic E-state index is 0.132. The van der Waals surface area contributed by atoms with Crippen LogP contribution in [-0.2, 0) is 4.79 Å². The fourth-order valence-corrected chi connectivity index (χ4v) is 6.15. The smallest absolute Gasteiger partial charge is 0.233 e. The first-order valence-electron chi connectivity index (χ1n) is 10.9. The highest BCUT2D eigenvalue weighted by Gasteiger charge is 2.27. The van der Waals surface area contributed by atoms with Crippen LogP contribution in [0, 0.1) is 6.92 Å². The molecule has 1 unspecified atom stereocenters.